The topological polar surface area (TPSA) is 80.9 Å². The van der Waals surface area contributed by atoms with Crippen LogP contribution < -0.4 is 5.32 Å². The van der Waals surface area contributed by atoms with E-state index in [0.29, 0.717) is 29.1 Å². The molecule has 1 aromatic carbocycles. The lowest BCUT2D eigenvalue weighted by atomic mass is 10.1. The largest absolute Gasteiger partial charge is 0.425 e. The molecular formula is C17H16N4O2S. The van der Waals surface area contributed by atoms with E-state index in [1.165, 1.54) is 11.8 Å². The molecule has 1 amide bonds. The average molecular weight is 340 g/mol. The second-order valence-corrected chi connectivity index (χ2v) is 6.77. The molecular weight excluding hydrogens is 324 g/mol. The first-order valence-corrected chi connectivity index (χ1v) is 8.80. The van der Waals surface area contributed by atoms with Gasteiger partial charge in [0.05, 0.1) is 21.9 Å². The second kappa shape index (κ2) is 6.24. The molecule has 0 aliphatic heterocycles. The van der Waals surface area contributed by atoms with E-state index in [0.717, 1.165) is 28.8 Å². The highest BCUT2D eigenvalue weighted by Crippen LogP contribution is 2.27. The third kappa shape index (κ3) is 3.26. The number of amides is 1. The highest BCUT2D eigenvalue weighted by Gasteiger charge is 2.25. The van der Waals surface area contributed by atoms with Crippen LogP contribution in [-0.2, 0) is 5.75 Å². The first-order valence-electron chi connectivity index (χ1n) is 7.81. The van der Waals surface area contributed by atoms with Gasteiger partial charge in [-0.2, -0.15) is 0 Å². The quantitative estimate of drug-likeness (QED) is 0.719. The summed E-state index contributed by atoms with van der Waals surface area (Å²) in [6, 6.07) is 9.86. The zero-order chi connectivity index (χ0) is 16.5. The number of nitrogens with one attached hydrogen (secondary N) is 1. The summed E-state index contributed by atoms with van der Waals surface area (Å²) in [5.41, 5.74) is 1.47. The van der Waals surface area contributed by atoms with Gasteiger partial charge in [-0.3, -0.25) is 4.79 Å². The van der Waals surface area contributed by atoms with Crippen molar-refractivity contribution < 1.29 is 9.21 Å². The number of hydrogen-bond acceptors (Lipinski definition) is 6. The maximum absolute atomic E-state index is 12.5. The van der Waals surface area contributed by atoms with Gasteiger partial charge in [0.15, 0.2) is 0 Å². The van der Waals surface area contributed by atoms with Crippen LogP contribution in [-0.4, -0.2) is 27.1 Å². The van der Waals surface area contributed by atoms with E-state index in [-0.39, 0.29) is 5.91 Å². The van der Waals surface area contributed by atoms with Crippen LogP contribution in [0.2, 0.25) is 0 Å². The second-order valence-electron chi connectivity index (χ2n) is 5.78. The lowest BCUT2D eigenvalue weighted by molar-refractivity contribution is 0.0952. The Bertz CT molecular complexity index is 904. The standard InChI is InChI=1S/C17H16N4O2S/c1-10-20-21-15(23-10)9-24-16-8-13(17(22)18-11-6-7-11)12-4-2-3-5-14(12)19-16/h2-5,8,11H,6-7,9H2,1H3,(H,18,22). The van der Waals surface area contributed by atoms with Crippen molar-refractivity contribution in [2.24, 2.45) is 0 Å². The van der Waals surface area contributed by atoms with E-state index >= 15 is 0 Å². The molecule has 122 valence electrons. The number of para-hydroxylation sites is 1. The third-order valence-electron chi connectivity index (χ3n) is 3.76. The smallest absolute Gasteiger partial charge is 0.252 e. The van der Waals surface area contributed by atoms with Gasteiger partial charge in [0, 0.05) is 18.4 Å². The van der Waals surface area contributed by atoms with Crippen LogP contribution in [0.25, 0.3) is 10.9 Å². The number of carbonyl (C=O) groups is 1. The molecule has 1 fully saturated rings. The van der Waals surface area contributed by atoms with Gasteiger partial charge >= 0.3 is 0 Å². The van der Waals surface area contributed by atoms with Crippen molar-refractivity contribution in [3.05, 3.63) is 47.7 Å². The van der Waals surface area contributed by atoms with Gasteiger partial charge in [0.1, 0.15) is 0 Å². The van der Waals surface area contributed by atoms with Crippen molar-refractivity contribution in [3.8, 4) is 0 Å². The molecule has 4 rings (SSSR count). The number of aryl methyl sites for hydroxylation is 1. The van der Waals surface area contributed by atoms with Gasteiger partial charge in [-0.1, -0.05) is 30.0 Å². The zero-order valence-electron chi connectivity index (χ0n) is 13.2. The van der Waals surface area contributed by atoms with Gasteiger partial charge < -0.3 is 9.73 Å². The summed E-state index contributed by atoms with van der Waals surface area (Å²) in [5.74, 6) is 1.58. The molecule has 7 heteroatoms. The van der Waals surface area contributed by atoms with Gasteiger partial charge in [-0.25, -0.2) is 4.98 Å². The zero-order valence-corrected chi connectivity index (χ0v) is 14.0. The summed E-state index contributed by atoms with van der Waals surface area (Å²) >= 11 is 1.48. The summed E-state index contributed by atoms with van der Waals surface area (Å²) in [4.78, 5) is 17.2. The Hall–Kier alpha value is -2.41. The predicted octanol–water partition coefficient (Wildman–Crippen LogP) is 3.11. The molecule has 0 atom stereocenters. The van der Waals surface area contributed by atoms with Crippen LogP contribution in [0.1, 0.15) is 35.0 Å². The number of rotatable bonds is 5. The van der Waals surface area contributed by atoms with E-state index < -0.39 is 0 Å². The van der Waals surface area contributed by atoms with Crippen molar-refractivity contribution in [1.29, 1.82) is 0 Å². The SMILES string of the molecule is Cc1nnc(CSc2cc(C(=O)NC3CC3)c3ccccc3n2)o1. The first kappa shape index (κ1) is 15.1. The van der Waals surface area contributed by atoms with Gasteiger partial charge in [0.25, 0.3) is 5.91 Å². The summed E-state index contributed by atoms with van der Waals surface area (Å²) in [6.07, 6.45) is 2.12. The number of fused-ring (bicyclic) bond motifs is 1. The van der Waals surface area contributed by atoms with Gasteiger partial charge in [-0.15, -0.1) is 10.2 Å². The van der Waals surface area contributed by atoms with Crippen molar-refractivity contribution in [2.75, 3.05) is 0 Å². The Balaban J connectivity index is 1.63. The van der Waals surface area contributed by atoms with Crippen LogP contribution in [0, 0.1) is 6.92 Å². The molecule has 0 radical (unpaired) electrons. The van der Waals surface area contributed by atoms with Crippen molar-refractivity contribution in [2.45, 2.75) is 36.6 Å². The van der Waals surface area contributed by atoms with Crippen molar-refractivity contribution in [3.63, 3.8) is 0 Å². The number of thioether (sulfide) groups is 1. The van der Waals surface area contributed by atoms with Crippen molar-refractivity contribution in [1.82, 2.24) is 20.5 Å². The molecule has 2 aromatic heterocycles. The molecule has 24 heavy (non-hydrogen) atoms. The fourth-order valence-corrected chi connectivity index (χ4v) is 3.19. The van der Waals surface area contributed by atoms with E-state index in [1.807, 2.05) is 30.3 Å². The van der Waals surface area contributed by atoms with Crippen LogP contribution in [0.3, 0.4) is 0 Å². The molecule has 0 bridgehead atoms. The fourth-order valence-electron chi connectivity index (χ4n) is 2.44. The van der Waals surface area contributed by atoms with Crippen LogP contribution in [0.4, 0.5) is 0 Å². The number of hydrogen-bond donors (Lipinski definition) is 1. The Morgan fingerprint density at radius 3 is 2.92 bits per heavy atom. The number of carbonyl (C=O) groups excluding carboxylic acids is 1. The molecule has 6 nitrogen and oxygen atoms in total. The lowest BCUT2D eigenvalue weighted by Gasteiger charge is -2.09. The normalized spacial score (nSPS) is 14.0. The first-order chi connectivity index (χ1) is 11.7. The molecule has 2 heterocycles. The van der Waals surface area contributed by atoms with Gasteiger partial charge in [-0.05, 0) is 25.0 Å². The number of benzene rings is 1. The maximum Gasteiger partial charge on any atom is 0.252 e. The van der Waals surface area contributed by atoms with Crippen LogP contribution in [0.15, 0.2) is 39.8 Å². The Kier molecular flexibility index (Phi) is 3.93. The van der Waals surface area contributed by atoms with Gasteiger partial charge in [0.2, 0.25) is 11.8 Å². The Morgan fingerprint density at radius 2 is 2.17 bits per heavy atom. The number of pyridine rings is 1. The molecule has 0 unspecified atom stereocenters. The molecule has 0 spiro atoms. The Labute approximate surface area is 143 Å². The summed E-state index contributed by atoms with van der Waals surface area (Å²) in [6.45, 7) is 1.76. The fraction of sp³-hybridized carbons (Fsp3) is 0.294. The molecule has 3 aromatic rings. The summed E-state index contributed by atoms with van der Waals surface area (Å²) in [7, 11) is 0. The number of nitrogens with zero attached hydrogens (tertiary/aromatic N) is 3. The van der Waals surface area contributed by atoms with Crippen LogP contribution in [0.5, 0.6) is 0 Å². The maximum atomic E-state index is 12.5. The number of aromatic nitrogens is 3. The summed E-state index contributed by atoms with van der Waals surface area (Å²) < 4.78 is 5.38. The average Bonchev–Trinajstić information content (AvgIpc) is 3.31. The minimum absolute atomic E-state index is 0.0356. The Morgan fingerprint density at radius 1 is 1.33 bits per heavy atom. The monoisotopic (exact) mass is 340 g/mol. The van der Waals surface area contributed by atoms with E-state index in [1.54, 1.807) is 6.92 Å². The molecule has 1 N–H and O–H groups in total. The summed E-state index contributed by atoms with van der Waals surface area (Å²) in [5, 5.41) is 12.5. The minimum atomic E-state index is -0.0356. The highest BCUT2D eigenvalue weighted by atomic mass is 32.2. The van der Waals surface area contributed by atoms with E-state index in [2.05, 4.69) is 20.5 Å². The predicted molar refractivity (Wildman–Crippen MR) is 90.8 cm³/mol. The molecule has 1 saturated carbocycles. The highest BCUT2D eigenvalue weighted by molar-refractivity contribution is 7.98. The van der Waals surface area contributed by atoms with E-state index in [4.69, 9.17) is 4.42 Å². The molecule has 1 aliphatic rings. The van der Waals surface area contributed by atoms with Crippen LogP contribution >= 0.6 is 11.8 Å². The molecule has 0 saturated heterocycles. The third-order valence-corrected chi connectivity index (χ3v) is 4.66. The van der Waals surface area contributed by atoms with Crippen molar-refractivity contribution >= 4 is 28.6 Å². The molecule has 1 aliphatic carbocycles. The minimum Gasteiger partial charge on any atom is -0.425 e. The lowest BCUT2D eigenvalue weighted by Crippen LogP contribution is -2.25. The van der Waals surface area contributed by atoms with E-state index in [9.17, 15) is 4.79 Å².